The van der Waals surface area contributed by atoms with E-state index in [2.05, 4.69) is 6.58 Å². The van der Waals surface area contributed by atoms with Crippen molar-refractivity contribution < 1.29 is 18.3 Å². The Kier molecular flexibility index (Phi) is 5.20. The summed E-state index contributed by atoms with van der Waals surface area (Å²) < 4.78 is 26.6. The van der Waals surface area contributed by atoms with E-state index in [0.29, 0.717) is 0 Å². The molecule has 1 aromatic rings. The first-order valence-corrected chi connectivity index (χ1v) is 8.00. The Bertz CT molecular complexity index is 662. The maximum atomic E-state index is 12.7. The minimum atomic E-state index is -3.80. The van der Waals surface area contributed by atoms with Crippen LogP contribution in [0.5, 0.6) is 0 Å². The van der Waals surface area contributed by atoms with Crippen LogP contribution in [-0.2, 0) is 10.0 Å². The van der Waals surface area contributed by atoms with Crippen LogP contribution in [-0.4, -0.2) is 35.9 Å². The number of hydrogen-bond donors (Lipinski definition) is 1. The molecule has 0 aromatic heterocycles. The summed E-state index contributed by atoms with van der Waals surface area (Å²) in [7, 11) is -3.80. The molecule has 0 heterocycles. The Labute approximate surface area is 129 Å². The summed E-state index contributed by atoms with van der Waals surface area (Å²) in [6.07, 6.45) is 1.50. The number of carboxylic acids is 1. The van der Waals surface area contributed by atoms with E-state index < -0.39 is 21.5 Å². The number of carboxylic acid groups (broad SMARTS) is 1. The molecule has 0 atom stereocenters. The lowest BCUT2D eigenvalue weighted by molar-refractivity contribution is 0.0697. The van der Waals surface area contributed by atoms with Gasteiger partial charge < -0.3 is 5.11 Å². The molecule has 21 heavy (non-hydrogen) atoms. The Hall–Kier alpha value is -1.37. The van der Waals surface area contributed by atoms with Crippen LogP contribution in [0.25, 0.3) is 0 Å². The highest BCUT2D eigenvalue weighted by Gasteiger charge is 2.33. The summed E-state index contributed by atoms with van der Waals surface area (Å²) in [5, 5.41) is 8.81. The van der Waals surface area contributed by atoms with Crippen LogP contribution in [0, 0.1) is 0 Å². The van der Waals surface area contributed by atoms with Crippen molar-refractivity contribution in [2.45, 2.75) is 31.2 Å². The topological polar surface area (TPSA) is 74.7 Å². The maximum absolute atomic E-state index is 12.7. The molecule has 0 amide bonds. The number of aromatic carboxylic acids is 1. The van der Waals surface area contributed by atoms with E-state index in [9.17, 15) is 13.2 Å². The first-order chi connectivity index (χ1) is 9.51. The van der Waals surface area contributed by atoms with Gasteiger partial charge in [0.05, 0.1) is 15.5 Å². The minimum Gasteiger partial charge on any atom is -0.478 e. The van der Waals surface area contributed by atoms with Gasteiger partial charge in [-0.2, -0.15) is 4.31 Å². The highest BCUT2D eigenvalue weighted by atomic mass is 35.5. The molecular formula is C14H18ClNO4S. The predicted molar refractivity (Wildman–Crippen MR) is 82.3 cm³/mol. The molecule has 0 aliphatic rings. The quantitative estimate of drug-likeness (QED) is 0.841. The Morgan fingerprint density at radius 1 is 1.43 bits per heavy atom. The van der Waals surface area contributed by atoms with Gasteiger partial charge in [0.2, 0.25) is 10.0 Å². The van der Waals surface area contributed by atoms with Gasteiger partial charge >= 0.3 is 5.97 Å². The number of carbonyl (C=O) groups is 1. The summed E-state index contributed by atoms with van der Waals surface area (Å²) >= 11 is 5.84. The van der Waals surface area contributed by atoms with Gasteiger partial charge in [-0.25, -0.2) is 13.2 Å². The Morgan fingerprint density at radius 2 is 2.00 bits per heavy atom. The molecule has 0 saturated carbocycles. The van der Waals surface area contributed by atoms with E-state index in [1.807, 2.05) is 0 Å². The minimum absolute atomic E-state index is 0.0470. The van der Waals surface area contributed by atoms with Gasteiger partial charge in [-0.15, -0.1) is 6.58 Å². The number of halogens is 1. The fourth-order valence-corrected chi connectivity index (χ4v) is 3.92. The van der Waals surface area contributed by atoms with Crippen molar-refractivity contribution in [3.05, 3.63) is 41.4 Å². The molecule has 1 aromatic carbocycles. The molecule has 0 unspecified atom stereocenters. The first-order valence-electron chi connectivity index (χ1n) is 6.18. The van der Waals surface area contributed by atoms with Gasteiger partial charge in [-0.3, -0.25) is 0 Å². The zero-order valence-corrected chi connectivity index (χ0v) is 13.7. The molecule has 1 rings (SSSR count). The van der Waals surface area contributed by atoms with Gasteiger partial charge in [0.1, 0.15) is 0 Å². The highest BCUT2D eigenvalue weighted by molar-refractivity contribution is 7.89. The van der Waals surface area contributed by atoms with E-state index in [4.69, 9.17) is 16.7 Å². The third-order valence-corrected chi connectivity index (χ3v) is 5.24. The van der Waals surface area contributed by atoms with Crippen LogP contribution in [0.2, 0.25) is 5.02 Å². The fourth-order valence-electron chi connectivity index (χ4n) is 1.81. The first kappa shape index (κ1) is 17.7. The largest absolute Gasteiger partial charge is 0.478 e. The maximum Gasteiger partial charge on any atom is 0.337 e. The molecule has 0 bridgehead atoms. The lowest BCUT2D eigenvalue weighted by Gasteiger charge is -2.33. The van der Waals surface area contributed by atoms with Crippen LogP contribution in [0.15, 0.2) is 35.7 Å². The van der Waals surface area contributed by atoms with Crippen molar-refractivity contribution in [2.24, 2.45) is 0 Å². The van der Waals surface area contributed by atoms with Gasteiger partial charge in [0, 0.05) is 12.1 Å². The number of sulfonamides is 1. The normalized spacial score (nSPS) is 12.4. The average Bonchev–Trinajstić information content (AvgIpc) is 2.33. The zero-order chi connectivity index (χ0) is 16.4. The SMILES string of the molecule is C=CCN(C(C)(C)C)S(=O)(=O)c1ccc(C(=O)O)c(Cl)c1. The molecule has 116 valence electrons. The fraction of sp³-hybridized carbons (Fsp3) is 0.357. The number of nitrogens with zero attached hydrogens (tertiary/aromatic N) is 1. The molecule has 1 N–H and O–H groups in total. The standard InChI is InChI=1S/C14H18ClNO4S/c1-5-8-16(14(2,3)4)21(19,20)10-6-7-11(13(17)18)12(15)9-10/h5-7,9H,1,8H2,2-4H3,(H,17,18). The van der Waals surface area contributed by atoms with Gasteiger partial charge in [-0.1, -0.05) is 17.7 Å². The van der Waals surface area contributed by atoms with Crippen LogP contribution in [0.3, 0.4) is 0 Å². The zero-order valence-electron chi connectivity index (χ0n) is 12.1. The van der Waals surface area contributed by atoms with E-state index >= 15 is 0 Å². The number of rotatable bonds is 5. The lowest BCUT2D eigenvalue weighted by Crippen LogP contribution is -2.45. The van der Waals surface area contributed by atoms with Crippen molar-refractivity contribution in [1.29, 1.82) is 0 Å². The highest BCUT2D eigenvalue weighted by Crippen LogP contribution is 2.27. The average molecular weight is 332 g/mol. The number of benzene rings is 1. The number of hydrogen-bond acceptors (Lipinski definition) is 3. The second kappa shape index (κ2) is 6.17. The van der Waals surface area contributed by atoms with Gasteiger partial charge in [0.25, 0.3) is 0 Å². The van der Waals surface area contributed by atoms with Crippen LogP contribution >= 0.6 is 11.6 Å². The summed E-state index contributed by atoms with van der Waals surface area (Å²) in [6.45, 7) is 9.00. The molecule has 0 spiro atoms. The Balaban J connectivity index is 3.39. The van der Waals surface area contributed by atoms with Crippen molar-refractivity contribution in [3.8, 4) is 0 Å². The van der Waals surface area contributed by atoms with E-state index in [1.165, 1.54) is 22.5 Å². The van der Waals surface area contributed by atoms with Crippen molar-refractivity contribution in [3.63, 3.8) is 0 Å². The van der Waals surface area contributed by atoms with Crippen LogP contribution < -0.4 is 0 Å². The van der Waals surface area contributed by atoms with Crippen molar-refractivity contribution >= 4 is 27.6 Å². The molecule has 7 heteroatoms. The van der Waals surface area contributed by atoms with Gasteiger partial charge in [-0.05, 0) is 39.0 Å². The van der Waals surface area contributed by atoms with Gasteiger partial charge in [0.15, 0.2) is 0 Å². The molecule has 5 nitrogen and oxygen atoms in total. The monoisotopic (exact) mass is 331 g/mol. The molecule has 0 fully saturated rings. The van der Waals surface area contributed by atoms with E-state index in [1.54, 1.807) is 20.8 Å². The van der Waals surface area contributed by atoms with Crippen LogP contribution in [0.1, 0.15) is 31.1 Å². The molecule has 0 aliphatic carbocycles. The van der Waals surface area contributed by atoms with Crippen molar-refractivity contribution in [1.82, 2.24) is 4.31 Å². The van der Waals surface area contributed by atoms with Crippen LogP contribution in [0.4, 0.5) is 0 Å². The lowest BCUT2D eigenvalue weighted by atomic mass is 10.1. The second-order valence-electron chi connectivity index (χ2n) is 5.44. The second-order valence-corrected chi connectivity index (χ2v) is 7.71. The van der Waals surface area contributed by atoms with Crippen molar-refractivity contribution in [2.75, 3.05) is 6.54 Å². The van der Waals surface area contributed by atoms with E-state index in [0.717, 1.165) is 6.07 Å². The molecular weight excluding hydrogens is 314 g/mol. The smallest absolute Gasteiger partial charge is 0.337 e. The molecule has 0 aliphatic heterocycles. The summed E-state index contributed by atoms with van der Waals surface area (Å²) in [6, 6.07) is 3.58. The predicted octanol–water partition coefficient (Wildman–Crippen LogP) is 3.01. The Morgan fingerprint density at radius 3 is 2.38 bits per heavy atom. The summed E-state index contributed by atoms with van der Waals surface area (Å²) in [4.78, 5) is 10.9. The molecule has 0 saturated heterocycles. The molecule has 0 radical (unpaired) electrons. The summed E-state index contributed by atoms with van der Waals surface area (Å²) in [5.41, 5.74) is -0.785. The third-order valence-electron chi connectivity index (χ3n) is 2.80. The third kappa shape index (κ3) is 3.84. The van der Waals surface area contributed by atoms with E-state index in [-0.39, 0.29) is 22.0 Å². The summed E-state index contributed by atoms with van der Waals surface area (Å²) in [5.74, 6) is -1.21.